The van der Waals surface area contributed by atoms with Gasteiger partial charge in [-0.1, -0.05) is 68.7 Å². The molecular weight excluding hydrogens is 393 g/mol. The van der Waals surface area contributed by atoms with Gasteiger partial charge >= 0.3 is 0 Å². The van der Waals surface area contributed by atoms with Gasteiger partial charge in [-0.05, 0) is 47.1 Å². The number of rotatable bonds is 8. The standard InChI is InChI=1S/C26H30FNO3/c1-4-5-23(26-24(29)14-21(17(2)3)15-25(26)30)28-31-16-18-6-8-19(9-7-18)20-10-12-22(27)13-11-20/h6-13,17,21,29H,4-5,14-16H2,1-3H3. The highest BCUT2D eigenvalue weighted by Gasteiger charge is 2.31. The molecule has 1 aliphatic carbocycles. The molecule has 0 radical (unpaired) electrons. The quantitative estimate of drug-likeness (QED) is 0.384. The maximum atomic E-state index is 13.1. The Morgan fingerprint density at radius 1 is 1.10 bits per heavy atom. The number of aliphatic hydroxyl groups excluding tert-OH is 1. The van der Waals surface area contributed by atoms with E-state index in [1.165, 1.54) is 12.1 Å². The van der Waals surface area contributed by atoms with Gasteiger partial charge in [0, 0.05) is 12.8 Å². The number of oxime groups is 1. The molecule has 4 nitrogen and oxygen atoms in total. The van der Waals surface area contributed by atoms with Crippen LogP contribution < -0.4 is 0 Å². The molecule has 1 N–H and O–H groups in total. The Morgan fingerprint density at radius 2 is 1.71 bits per heavy atom. The summed E-state index contributed by atoms with van der Waals surface area (Å²) >= 11 is 0. The summed E-state index contributed by atoms with van der Waals surface area (Å²) in [6.45, 7) is 6.41. The summed E-state index contributed by atoms with van der Waals surface area (Å²) < 4.78 is 13.1. The monoisotopic (exact) mass is 423 g/mol. The lowest BCUT2D eigenvalue weighted by Gasteiger charge is -2.26. The van der Waals surface area contributed by atoms with Gasteiger partial charge in [-0.3, -0.25) is 4.79 Å². The number of carbonyl (C=O) groups is 1. The molecule has 1 atom stereocenters. The van der Waals surface area contributed by atoms with Crippen molar-refractivity contribution in [2.24, 2.45) is 17.0 Å². The van der Waals surface area contributed by atoms with Crippen LogP contribution in [0, 0.1) is 17.7 Å². The summed E-state index contributed by atoms with van der Waals surface area (Å²) in [5.41, 5.74) is 3.72. The van der Waals surface area contributed by atoms with Crippen LogP contribution in [0.15, 0.2) is 65.0 Å². The summed E-state index contributed by atoms with van der Waals surface area (Å²) in [7, 11) is 0. The van der Waals surface area contributed by atoms with Crippen molar-refractivity contribution in [1.29, 1.82) is 0 Å². The molecule has 0 aliphatic heterocycles. The largest absolute Gasteiger partial charge is 0.511 e. The van der Waals surface area contributed by atoms with E-state index < -0.39 is 0 Å². The number of aliphatic hydroxyl groups is 1. The Labute approximate surface area is 183 Å². The first-order valence-corrected chi connectivity index (χ1v) is 10.9. The summed E-state index contributed by atoms with van der Waals surface area (Å²) in [6, 6.07) is 14.1. The minimum absolute atomic E-state index is 0.0538. The molecule has 0 saturated carbocycles. The number of Topliss-reactive ketones (excluding diaryl/α,β-unsaturated/α-hetero) is 1. The Bertz CT molecular complexity index is 959. The molecule has 0 bridgehead atoms. The molecule has 1 aliphatic rings. The maximum absolute atomic E-state index is 13.1. The van der Waals surface area contributed by atoms with E-state index in [4.69, 9.17) is 4.84 Å². The summed E-state index contributed by atoms with van der Waals surface area (Å²) in [5, 5.41) is 14.8. The fourth-order valence-corrected chi connectivity index (χ4v) is 3.80. The topological polar surface area (TPSA) is 58.9 Å². The predicted molar refractivity (Wildman–Crippen MR) is 121 cm³/mol. The van der Waals surface area contributed by atoms with E-state index >= 15 is 0 Å². The number of allylic oxidation sites excluding steroid dienone is 2. The van der Waals surface area contributed by atoms with Crippen LogP contribution in [0.1, 0.15) is 52.0 Å². The van der Waals surface area contributed by atoms with Crippen LogP contribution in [-0.4, -0.2) is 16.6 Å². The van der Waals surface area contributed by atoms with Crippen molar-refractivity contribution in [1.82, 2.24) is 0 Å². The van der Waals surface area contributed by atoms with Gasteiger partial charge in [0.25, 0.3) is 0 Å². The predicted octanol–water partition coefficient (Wildman–Crippen LogP) is 6.61. The van der Waals surface area contributed by atoms with E-state index in [0.717, 1.165) is 23.1 Å². The highest BCUT2D eigenvalue weighted by Crippen LogP contribution is 2.32. The van der Waals surface area contributed by atoms with Crippen LogP contribution in [0.5, 0.6) is 0 Å². The van der Waals surface area contributed by atoms with E-state index in [1.807, 2.05) is 31.2 Å². The minimum Gasteiger partial charge on any atom is -0.511 e. The van der Waals surface area contributed by atoms with Crippen molar-refractivity contribution < 1.29 is 19.1 Å². The molecule has 0 fully saturated rings. The lowest BCUT2D eigenvalue weighted by molar-refractivity contribution is -0.117. The first-order chi connectivity index (χ1) is 14.9. The van der Waals surface area contributed by atoms with Gasteiger partial charge in [0.15, 0.2) is 5.78 Å². The van der Waals surface area contributed by atoms with Crippen LogP contribution in [0.2, 0.25) is 0 Å². The molecule has 2 aromatic carbocycles. The van der Waals surface area contributed by atoms with E-state index in [1.54, 1.807) is 12.1 Å². The highest BCUT2D eigenvalue weighted by atomic mass is 19.1. The van der Waals surface area contributed by atoms with Crippen molar-refractivity contribution in [3.05, 3.63) is 71.2 Å². The normalized spacial score (nSPS) is 17.4. The highest BCUT2D eigenvalue weighted by molar-refractivity contribution is 6.23. The van der Waals surface area contributed by atoms with E-state index in [-0.39, 0.29) is 29.9 Å². The average Bonchev–Trinajstić information content (AvgIpc) is 2.74. The van der Waals surface area contributed by atoms with Gasteiger partial charge in [0.2, 0.25) is 0 Å². The summed E-state index contributed by atoms with van der Waals surface area (Å²) in [6.07, 6.45) is 2.31. The number of hydrogen-bond donors (Lipinski definition) is 1. The molecule has 0 saturated heterocycles. The third kappa shape index (κ3) is 5.81. The van der Waals surface area contributed by atoms with Crippen molar-refractivity contribution in [2.45, 2.75) is 53.1 Å². The third-order valence-electron chi connectivity index (χ3n) is 5.73. The number of benzene rings is 2. The summed E-state index contributed by atoms with van der Waals surface area (Å²) in [5.74, 6) is 0.330. The van der Waals surface area contributed by atoms with Crippen molar-refractivity contribution in [3.63, 3.8) is 0 Å². The molecule has 0 heterocycles. The zero-order valence-corrected chi connectivity index (χ0v) is 18.4. The molecule has 0 spiro atoms. The Balaban J connectivity index is 1.69. The third-order valence-corrected chi connectivity index (χ3v) is 5.73. The number of carbonyl (C=O) groups excluding carboxylic acids is 1. The first kappa shape index (κ1) is 22.7. The van der Waals surface area contributed by atoms with E-state index in [9.17, 15) is 14.3 Å². The van der Waals surface area contributed by atoms with Gasteiger partial charge in [0.1, 0.15) is 18.2 Å². The first-order valence-electron chi connectivity index (χ1n) is 10.9. The second-order valence-corrected chi connectivity index (χ2v) is 8.42. The molecule has 0 amide bonds. The number of ketones is 1. The number of nitrogens with zero attached hydrogens (tertiary/aromatic N) is 1. The lowest BCUT2D eigenvalue weighted by atomic mass is 9.79. The molecule has 3 rings (SSSR count). The van der Waals surface area contributed by atoms with Gasteiger partial charge in [0.05, 0.1) is 11.3 Å². The van der Waals surface area contributed by atoms with E-state index in [2.05, 4.69) is 19.0 Å². The van der Waals surface area contributed by atoms with Crippen LogP contribution in [-0.2, 0) is 16.2 Å². The fourth-order valence-electron chi connectivity index (χ4n) is 3.80. The van der Waals surface area contributed by atoms with Crippen molar-refractivity contribution in [2.75, 3.05) is 0 Å². The molecular formula is C26H30FNO3. The Morgan fingerprint density at radius 3 is 2.26 bits per heavy atom. The van der Waals surface area contributed by atoms with Crippen LogP contribution >= 0.6 is 0 Å². The zero-order chi connectivity index (χ0) is 22.4. The molecule has 1 unspecified atom stereocenters. The second kappa shape index (κ2) is 10.4. The van der Waals surface area contributed by atoms with Gasteiger partial charge < -0.3 is 9.94 Å². The van der Waals surface area contributed by atoms with Gasteiger partial charge in [-0.15, -0.1) is 0 Å². The Hall–Kier alpha value is -2.95. The second-order valence-electron chi connectivity index (χ2n) is 8.42. The molecule has 2 aromatic rings. The van der Waals surface area contributed by atoms with Gasteiger partial charge in [-0.2, -0.15) is 0 Å². The van der Waals surface area contributed by atoms with Crippen molar-refractivity contribution in [3.8, 4) is 11.1 Å². The van der Waals surface area contributed by atoms with E-state index in [0.29, 0.717) is 36.5 Å². The molecule has 0 aromatic heterocycles. The zero-order valence-electron chi connectivity index (χ0n) is 18.4. The lowest BCUT2D eigenvalue weighted by Crippen LogP contribution is -2.27. The number of halogens is 1. The van der Waals surface area contributed by atoms with Gasteiger partial charge in [-0.25, -0.2) is 4.39 Å². The average molecular weight is 424 g/mol. The molecule has 5 heteroatoms. The molecule has 31 heavy (non-hydrogen) atoms. The van der Waals surface area contributed by atoms with Crippen LogP contribution in [0.4, 0.5) is 4.39 Å². The smallest absolute Gasteiger partial charge is 0.168 e. The van der Waals surface area contributed by atoms with Crippen LogP contribution in [0.3, 0.4) is 0 Å². The fraction of sp³-hybridized carbons (Fsp3) is 0.385. The minimum atomic E-state index is -0.258. The van der Waals surface area contributed by atoms with Crippen molar-refractivity contribution >= 4 is 11.5 Å². The summed E-state index contributed by atoms with van der Waals surface area (Å²) in [4.78, 5) is 18.2. The van der Waals surface area contributed by atoms with Crippen LogP contribution in [0.25, 0.3) is 11.1 Å². The maximum Gasteiger partial charge on any atom is 0.168 e. The number of hydrogen-bond acceptors (Lipinski definition) is 4. The SMILES string of the molecule is CCCC(=NOCc1ccc(-c2ccc(F)cc2)cc1)C1=C(O)CC(C(C)C)CC1=O. The molecule has 164 valence electrons. The Kier molecular flexibility index (Phi) is 7.61.